The fourth-order valence-electron chi connectivity index (χ4n) is 2.05. The normalized spacial score (nSPS) is 10.1. The van der Waals surface area contributed by atoms with Crippen molar-refractivity contribution in [2.75, 3.05) is 13.7 Å². The van der Waals surface area contributed by atoms with E-state index in [-0.39, 0.29) is 12.5 Å². The fourth-order valence-corrected chi connectivity index (χ4v) is 2.27. The predicted molar refractivity (Wildman–Crippen MR) is 91.3 cm³/mol. The van der Waals surface area contributed by atoms with Crippen LogP contribution in [0.15, 0.2) is 42.5 Å². The molecule has 0 aliphatic rings. The van der Waals surface area contributed by atoms with Crippen LogP contribution in [0.3, 0.4) is 0 Å². The third-order valence-electron chi connectivity index (χ3n) is 3.36. The van der Waals surface area contributed by atoms with Crippen LogP contribution in [0.4, 0.5) is 0 Å². The number of amides is 1. The van der Waals surface area contributed by atoms with Crippen LogP contribution in [-0.2, 0) is 16.1 Å². The number of methoxy groups -OCH3 is 1. The van der Waals surface area contributed by atoms with E-state index in [0.29, 0.717) is 22.9 Å². The quantitative estimate of drug-likeness (QED) is 0.815. The molecular formula is C18H18ClNO4. The topological polar surface area (TPSA) is 64.6 Å². The molecule has 6 heteroatoms. The SMILES string of the molecule is COC(=O)c1ccc(CNC(=O)COc2ccc(Cl)cc2C)cc1. The van der Waals surface area contributed by atoms with Gasteiger partial charge in [0.15, 0.2) is 6.61 Å². The summed E-state index contributed by atoms with van der Waals surface area (Å²) in [6.07, 6.45) is 0. The summed E-state index contributed by atoms with van der Waals surface area (Å²) in [6, 6.07) is 12.0. The number of hydrogen-bond acceptors (Lipinski definition) is 4. The zero-order valence-corrected chi connectivity index (χ0v) is 14.2. The number of benzene rings is 2. The van der Waals surface area contributed by atoms with Gasteiger partial charge in [0, 0.05) is 11.6 Å². The first-order valence-corrected chi connectivity index (χ1v) is 7.70. The Kier molecular flexibility index (Phi) is 6.21. The molecule has 5 nitrogen and oxygen atoms in total. The van der Waals surface area contributed by atoms with Crippen LogP contribution in [0, 0.1) is 6.92 Å². The van der Waals surface area contributed by atoms with E-state index < -0.39 is 5.97 Å². The van der Waals surface area contributed by atoms with Gasteiger partial charge in [-0.15, -0.1) is 0 Å². The first kappa shape index (κ1) is 17.8. The van der Waals surface area contributed by atoms with Gasteiger partial charge in [0.25, 0.3) is 5.91 Å². The molecule has 0 bridgehead atoms. The maximum absolute atomic E-state index is 11.9. The molecule has 0 saturated heterocycles. The average Bonchev–Trinajstić information content (AvgIpc) is 2.59. The molecule has 0 fully saturated rings. The van der Waals surface area contributed by atoms with Gasteiger partial charge >= 0.3 is 5.97 Å². The van der Waals surface area contributed by atoms with E-state index in [9.17, 15) is 9.59 Å². The van der Waals surface area contributed by atoms with Crippen LogP contribution in [0.5, 0.6) is 5.75 Å². The minimum Gasteiger partial charge on any atom is -0.484 e. The molecule has 0 saturated carbocycles. The van der Waals surface area contributed by atoms with E-state index in [1.165, 1.54) is 7.11 Å². The van der Waals surface area contributed by atoms with E-state index in [1.807, 2.05) is 6.92 Å². The summed E-state index contributed by atoms with van der Waals surface area (Å²) in [5.41, 5.74) is 2.21. The van der Waals surface area contributed by atoms with Crippen molar-refractivity contribution in [3.05, 3.63) is 64.2 Å². The predicted octanol–water partition coefficient (Wildman–Crippen LogP) is 3.13. The summed E-state index contributed by atoms with van der Waals surface area (Å²) in [4.78, 5) is 23.2. The molecule has 2 aromatic carbocycles. The van der Waals surface area contributed by atoms with E-state index in [0.717, 1.165) is 11.1 Å². The smallest absolute Gasteiger partial charge is 0.337 e. The number of carbonyl (C=O) groups excluding carboxylic acids is 2. The second kappa shape index (κ2) is 8.36. The Labute approximate surface area is 145 Å². The van der Waals surface area contributed by atoms with Gasteiger partial charge in [0.05, 0.1) is 12.7 Å². The lowest BCUT2D eigenvalue weighted by atomic mass is 10.1. The van der Waals surface area contributed by atoms with Crippen molar-refractivity contribution < 1.29 is 19.1 Å². The van der Waals surface area contributed by atoms with Gasteiger partial charge in [-0.3, -0.25) is 4.79 Å². The Morgan fingerprint density at radius 3 is 2.46 bits per heavy atom. The zero-order valence-electron chi connectivity index (χ0n) is 13.5. The molecule has 126 valence electrons. The van der Waals surface area contributed by atoms with E-state index in [1.54, 1.807) is 42.5 Å². The van der Waals surface area contributed by atoms with E-state index in [2.05, 4.69) is 10.1 Å². The monoisotopic (exact) mass is 347 g/mol. The van der Waals surface area contributed by atoms with Gasteiger partial charge in [-0.05, 0) is 48.4 Å². The maximum Gasteiger partial charge on any atom is 0.337 e. The number of carbonyl (C=O) groups is 2. The Hall–Kier alpha value is -2.53. The van der Waals surface area contributed by atoms with Crippen molar-refractivity contribution in [3.8, 4) is 5.75 Å². The second-order valence-corrected chi connectivity index (χ2v) is 5.60. The van der Waals surface area contributed by atoms with E-state index >= 15 is 0 Å². The van der Waals surface area contributed by atoms with Crippen LogP contribution in [0.2, 0.25) is 5.02 Å². The largest absolute Gasteiger partial charge is 0.484 e. The minimum absolute atomic E-state index is 0.0806. The lowest BCUT2D eigenvalue weighted by molar-refractivity contribution is -0.123. The first-order chi connectivity index (χ1) is 11.5. The molecule has 2 aromatic rings. The summed E-state index contributed by atoms with van der Waals surface area (Å²) in [6.45, 7) is 2.13. The molecule has 24 heavy (non-hydrogen) atoms. The highest BCUT2D eigenvalue weighted by Gasteiger charge is 2.07. The highest BCUT2D eigenvalue weighted by Crippen LogP contribution is 2.21. The van der Waals surface area contributed by atoms with Gasteiger partial charge in [-0.2, -0.15) is 0 Å². The van der Waals surface area contributed by atoms with Crippen molar-refractivity contribution in [2.45, 2.75) is 13.5 Å². The molecule has 0 radical (unpaired) electrons. The number of aryl methyl sites for hydroxylation is 1. The van der Waals surface area contributed by atoms with Gasteiger partial charge in [0.1, 0.15) is 5.75 Å². The number of hydrogen-bond donors (Lipinski definition) is 1. The molecule has 0 spiro atoms. The third-order valence-corrected chi connectivity index (χ3v) is 3.60. The summed E-state index contributed by atoms with van der Waals surface area (Å²) < 4.78 is 10.1. The molecule has 1 N–H and O–H groups in total. The van der Waals surface area contributed by atoms with Gasteiger partial charge in [-0.1, -0.05) is 23.7 Å². The molecule has 0 unspecified atom stereocenters. The second-order valence-electron chi connectivity index (χ2n) is 5.16. The lowest BCUT2D eigenvalue weighted by Gasteiger charge is -2.10. The van der Waals surface area contributed by atoms with Gasteiger partial charge in [-0.25, -0.2) is 4.79 Å². The van der Waals surface area contributed by atoms with Gasteiger partial charge < -0.3 is 14.8 Å². The van der Waals surface area contributed by atoms with E-state index in [4.69, 9.17) is 16.3 Å². The highest BCUT2D eigenvalue weighted by molar-refractivity contribution is 6.30. The van der Waals surface area contributed by atoms with Crippen molar-refractivity contribution in [1.29, 1.82) is 0 Å². The summed E-state index contributed by atoms with van der Waals surface area (Å²) in [5.74, 6) is -0.00399. The fraction of sp³-hybridized carbons (Fsp3) is 0.222. The summed E-state index contributed by atoms with van der Waals surface area (Å²) in [7, 11) is 1.33. The molecule has 0 aliphatic carbocycles. The minimum atomic E-state index is -0.391. The lowest BCUT2D eigenvalue weighted by Crippen LogP contribution is -2.28. The molecule has 2 rings (SSSR count). The number of esters is 1. The van der Waals surface area contributed by atoms with Crippen LogP contribution in [0.25, 0.3) is 0 Å². The number of rotatable bonds is 6. The average molecular weight is 348 g/mol. The number of ether oxygens (including phenoxy) is 2. The van der Waals surface area contributed by atoms with Crippen LogP contribution in [-0.4, -0.2) is 25.6 Å². The van der Waals surface area contributed by atoms with Crippen molar-refractivity contribution in [1.82, 2.24) is 5.32 Å². The molecular weight excluding hydrogens is 330 g/mol. The van der Waals surface area contributed by atoms with Crippen molar-refractivity contribution in [2.24, 2.45) is 0 Å². The van der Waals surface area contributed by atoms with Crippen molar-refractivity contribution in [3.63, 3.8) is 0 Å². The Balaban J connectivity index is 1.81. The van der Waals surface area contributed by atoms with Crippen LogP contribution < -0.4 is 10.1 Å². The summed E-state index contributed by atoms with van der Waals surface area (Å²) in [5, 5.41) is 3.38. The Morgan fingerprint density at radius 1 is 1.12 bits per heavy atom. The maximum atomic E-state index is 11.9. The number of nitrogens with one attached hydrogen (secondary N) is 1. The van der Waals surface area contributed by atoms with Crippen molar-refractivity contribution >= 4 is 23.5 Å². The van der Waals surface area contributed by atoms with Crippen LogP contribution in [0.1, 0.15) is 21.5 Å². The first-order valence-electron chi connectivity index (χ1n) is 7.32. The molecule has 0 aromatic heterocycles. The molecule has 0 heterocycles. The zero-order chi connectivity index (χ0) is 17.5. The highest BCUT2D eigenvalue weighted by atomic mass is 35.5. The van der Waals surface area contributed by atoms with Gasteiger partial charge in [0.2, 0.25) is 0 Å². The molecule has 0 aliphatic heterocycles. The standard InChI is InChI=1S/C18H18ClNO4/c1-12-9-15(19)7-8-16(12)24-11-17(21)20-10-13-3-5-14(6-4-13)18(22)23-2/h3-9H,10-11H2,1-2H3,(H,20,21). The third kappa shape index (κ3) is 4.99. The molecule has 1 amide bonds. The summed E-state index contributed by atoms with van der Waals surface area (Å²) >= 11 is 5.87. The number of halogens is 1. The Morgan fingerprint density at radius 2 is 1.83 bits per heavy atom. The molecule has 0 atom stereocenters. The Bertz CT molecular complexity index is 728. The van der Waals surface area contributed by atoms with Crippen LogP contribution >= 0.6 is 11.6 Å².